The molecule has 2 unspecified atom stereocenters. The summed E-state index contributed by atoms with van der Waals surface area (Å²) in [6.07, 6.45) is 16.3. The minimum Gasteiger partial charge on any atom is -0.472 e. The smallest absolute Gasteiger partial charge is 0.236 e. The molecule has 2 atom stereocenters. The summed E-state index contributed by atoms with van der Waals surface area (Å²) in [5.41, 5.74) is 2.68. The summed E-state index contributed by atoms with van der Waals surface area (Å²) in [5, 5.41) is 0. The summed E-state index contributed by atoms with van der Waals surface area (Å²) in [6.45, 7) is 7.56. The minimum absolute atomic E-state index is 0.254. The Labute approximate surface area is 132 Å². The molecule has 3 heteroatoms. The van der Waals surface area contributed by atoms with Gasteiger partial charge in [-0.3, -0.25) is 0 Å². The van der Waals surface area contributed by atoms with Gasteiger partial charge in [-0.25, -0.2) is 9.97 Å². The van der Waals surface area contributed by atoms with Gasteiger partial charge in [-0.2, -0.15) is 0 Å². The van der Waals surface area contributed by atoms with E-state index in [2.05, 4.69) is 18.1 Å². The molecule has 0 aromatic carbocycles. The Hall–Kier alpha value is -1.90. The van der Waals surface area contributed by atoms with Crippen molar-refractivity contribution < 1.29 is 4.74 Å². The van der Waals surface area contributed by atoms with Gasteiger partial charge in [-0.15, -0.1) is 0 Å². The second kappa shape index (κ2) is 6.91. The van der Waals surface area contributed by atoms with Crippen LogP contribution in [0, 0.1) is 0 Å². The van der Waals surface area contributed by atoms with Gasteiger partial charge in [0.25, 0.3) is 0 Å². The third-order valence-electron chi connectivity index (χ3n) is 4.59. The second-order valence-corrected chi connectivity index (χ2v) is 6.09. The van der Waals surface area contributed by atoms with Gasteiger partial charge < -0.3 is 4.74 Å². The van der Waals surface area contributed by atoms with E-state index in [-0.39, 0.29) is 6.10 Å². The van der Waals surface area contributed by atoms with Gasteiger partial charge in [0.1, 0.15) is 11.8 Å². The molecule has 1 aliphatic carbocycles. The second-order valence-electron chi connectivity index (χ2n) is 6.09. The summed E-state index contributed by atoms with van der Waals surface area (Å²) in [7, 11) is 0. The van der Waals surface area contributed by atoms with Crippen molar-refractivity contribution in [3.8, 4) is 5.88 Å². The highest BCUT2D eigenvalue weighted by Crippen LogP contribution is 2.42. The van der Waals surface area contributed by atoms with Crippen molar-refractivity contribution in [2.45, 2.75) is 57.0 Å². The SMILES string of the molecule is C=C/C=C\c1nc2c(nc1C=C)OC1CCCCCCCC21. The standard InChI is InChI=1S/C19H24N2O/c1-3-5-12-16-15(4-2)21-19-18(20-16)14-11-9-7-6-8-10-13-17(14)22-19/h3-5,12,14,17H,1-2,6-11,13H2/b12-5-. The lowest BCUT2D eigenvalue weighted by molar-refractivity contribution is 0.182. The first-order valence-electron chi connectivity index (χ1n) is 8.33. The van der Waals surface area contributed by atoms with Crippen LogP contribution in [0.15, 0.2) is 25.3 Å². The molecule has 0 N–H and O–H groups in total. The average Bonchev–Trinajstić information content (AvgIpc) is 2.91. The predicted octanol–water partition coefficient (Wildman–Crippen LogP) is 4.91. The zero-order chi connectivity index (χ0) is 15.4. The van der Waals surface area contributed by atoms with E-state index in [1.54, 1.807) is 12.2 Å². The molecule has 0 amide bonds. The van der Waals surface area contributed by atoms with Crippen molar-refractivity contribution in [3.05, 3.63) is 42.4 Å². The Morgan fingerprint density at radius 2 is 1.73 bits per heavy atom. The van der Waals surface area contributed by atoms with Gasteiger partial charge in [0.15, 0.2) is 0 Å². The van der Waals surface area contributed by atoms with Crippen molar-refractivity contribution in [1.82, 2.24) is 9.97 Å². The molecule has 3 nitrogen and oxygen atoms in total. The zero-order valence-electron chi connectivity index (χ0n) is 13.1. The van der Waals surface area contributed by atoms with E-state index in [9.17, 15) is 0 Å². The molecule has 0 spiro atoms. The number of hydrogen-bond donors (Lipinski definition) is 0. The highest BCUT2D eigenvalue weighted by molar-refractivity contribution is 5.60. The molecular weight excluding hydrogens is 272 g/mol. The molecule has 2 aliphatic rings. The third-order valence-corrected chi connectivity index (χ3v) is 4.59. The number of rotatable bonds is 3. The highest BCUT2D eigenvalue weighted by atomic mass is 16.5. The van der Waals surface area contributed by atoms with Crippen LogP contribution in [0.1, 0.15) is 67.9 Å². The van der Waals surface area contributed by atoms with Crippen LogP contribution in [-0.2, 0) is 0 Å². The maximum absolute atomic E-state index is 6.14. The molecule has 1 aromatic heterocycles. The van der Waals surface area contributed by atoms with Crippen molar-refractivity contribution >= 4 is 12.2 Å². The lowest BCUT2D eigenvalue weighted by Crippen LogP contribution is -2.18. The van der Waals surface area contributed by atoms with Crippen molar-refractivity contribution in [1.29, 1.82) is 0 Å². The summed E-state index contributed by atoms with van der Waals surface area (Å²) < 4.78 is 6.14. The fourth-order valence-corrected chi connectivity index (χ4v) is 3.44. The number of ether oxygens (including phenoxy) is 1. The molecule has 2 heterocycles. The van der Waals surface area contributed by atoms with Gasteiger partial charge in [-0.1, -0.05) is 51.0 Å². The van der Waals surface area contributed by atoms with Gasteiger partial charge in [0.05, 0.1) is 11.4 Å². The summed E-state index contributed by atoms with van der Waals surface area (Å²) in [4.78, 5) is 9.50. The first-order chi connectivity index (χ1) is 10.8. The van der Waals surface area contributed by atoms with Gasteiger partial charge >= 0.3 is 0 Å². The zero-order valence-corrected chi connectivity index (χ0v) is 13.1. The topological polar surface area (TPSA) is 35.0 Å². The summed E-state index contributed by atoms with van der Waals surface area (Å²) >= 11 is 0. The Morgan fingerprint density at radius 3 is 2.50 bits per heavy atom. The van der Waals surface area contributed by atoms with Crippen LogP contribution >= 0.6 is 0 Å². The van der Waals surface area contributed by atoms with Crippen LogP contribution in [0.5, 0.6) is 5.88 Å². The number of aromatic nitrogens is 2. The third kappa shape index (κ3) is 2.99. The first kappa shape index (κ1) is 15.0. The van der Waals surface area contributed by atoms with E-state index in [0.717, 1.165) is 35.8 Å². The molecule has 1 fully saturated rings. The number of fused-ring (bicyclic) bond motifs is 3. The largest absolute Gasteiger partial charge is 0.472 e. The fraction of sp³-hybridized carbons (Fsp3) is 0.474. The van der Waals surface area contributed by atoms with E-state index in [4.69, 9.17) is 9.72 Å². The Morgan fingerprint density at radius 1 is 0.955 bits per heavy atom. The van der Waals surface area contributed by atoms with Crippen LogP contribution in [0.25, 0.3) is 12.2 Å². The Kier molecular flexibility index (Phi) is 4.71. The quantitative estimate of drug-likeness (QED) is 0.743. The van der Waals surface area contributed by atoms with E-state index in [0.29, 0.717) is 5.92 Å². The van der Waals surface area contributed by atoms with Crippen molar-refractivity contribution in [2.75, 3.05) is 0 Å². The summed E-state index contributed by atoms with van der Waals surface area (Å²) in [6, 6.07) is 0. The molecule has 1 aromatic rings. The fourth-order valence-electron chi connectivity index (χ4n) is 3.44. The van der Waals surface area contributed by atoms with Gasteiger partial charge in [0.2, 0.25) is 5.88 Å². The van der Waals surface area contributed by atoms with Crippen LogP contribution < -0.4 is 4.74 Å². The maximum Gasteiger partial charge on any atom is 0.236 e. The van der Waals surface area contributed by atoms with E-state index in [1.165, 1.54) is 32.1 Å². The van der Waals surface area contributed by atoms with Crippen LogP contribution in [0.2, 0.25) is 0 Å². The first-order valence-corrected chi connectivity index (χ1v) is 8.33. The van der Waals surface area contributed by atoms with Crippen molar-refractivity contribution in [3.63, 3.8) is 0 Å². The highest BCUT2D eigenvalue weighted by Gasteiger charge is 2.37. The summed E-state index contributed by atoms with van der Waals surface area (Å²) in [5.74, 6) is 1.12. The average molecular weight is 296 g/mol. The Bertz CT molecular complexity index is 591. The lowest BCUT2D eigenvalue weighted by atomic mass is 9.92. The van der Waals surface area contributed by atoms with Gasteiger partial charge in [-0.05, 0) is 31.4 Å². The van der Waals surface area contributed by atoms with E-state index in [1.807, 2.05) is 12.2 Å². The van der Waals surface area contributed by atoms with E-state index >= 15 is 0 Å². The molecular formula is C19H24N2O. The lowest BCUT2D eigenvalue weighted by Gasteiger charge is -2.16. The predicted molar refractivity (Wildman–Crippen MR) is 90.8 cm³/mol. The maximum atomic E-state index is 6.14. The normalized spacial score (nSPS) is 24.5. The molecule has 1 saturated carbocycles. The van der Waals surface area contributed by atoms with E-state index < -0.39 is 0 Å². The molecule has 0 bridgehead atoms. The van der Waals surface area contributed by atoms with Gasteiger partial charge in [0, 0.05) is 5.92 Å². The number of hydrogen-bond acceptors (Lipinski definition) is 3. The number of nitrogens with zero attached hydrogens (tertiary/aromatic N) is 2. The Balaban J connectivity index is 1.96. The van der Waals surface area contributed by atoms with Crippen LogP contribution in [0.4, 0.5) is 0 Å². The molecule has 116 valence electrons. The van der Waals surface area contributed by atoms with Crippen LogP contribution in [-0.4, -0.2) is 16.1 Å². The monoisotopic (exact) mass is 296 g/mol. The van der Waals surface area contributed by atoms with Crippen molar-refractivity contribution in [2.24, 2.45) is 0 Å². The number of allylic oxidation sites excluding steroid dienone is 2. The molecule has 3 rings (SSSR count). The minimum atomic E-state index is 0.254. The molecule has 0 saturated heterocycles. The van der Waals surface area contributed by atoms with Crippen LogP contribution in [0.3, 0.4) is 0 Å². The molecule has 22 heavy (non-hydrogen) atoms. The molecule has 0 radical (unpaired) electrons. The molecule has 1 aliphatic heterocycles.